The Labute approximate surface area is 91.0 Å². The SMILES string of the molecule is O[C@H]1CC=CC[C@@H]1[Se]c1ccccc1. The molecule has 0 aromatic heterocycles. The van der Waals surface area contributed by atoms with E-state index in [-0.39, 0.29) is 6.10 Å². The number of hydrogen-bond acceptors (Lipinski definition) is 1. The van der Waals surface area contributed by atoms with Crippen LogP contribution in [0, 0.1) is 0 Å². The minimum atomic E-state index is -0.125. The zero-order valence-corrected chi connectivity index (χ0v) is 9.68. The van der Waals surface area contributed by atoms with Crippen LogP contribution < -0.4 is 4.46 Å². The second-order valence-electron chi connectivity index (χ2n) is 3.48. The van der Waals surface area contributed by atoms with E-state index in [2.05, 4.69) is 36.4 Å². The van der Waals surface area contributed by atoms with Gasteiger partial charge in [0.2, 0.25) is 0 Å². The molecule has 0 unspecified atom stereocenters. The van der Waals surface area contributed by atoms with E-state index in [1.165, 1.54) is 4.46 Å². The van der Waals surface area contributed by atoms with Crippen molar-refractivity contribution in [2.24, 2.45) is 0 Å². The number of aliphatic hydroxyl groups is 1. The first-order valence-corrected chi connectivity index (χ1v) is 6.75. The van der Waals surface area contributed by atoms with Crippen LogP contribution in [0.1, 0.15) is 12.8 Å². The van der Waals surface area contributed by atoms with Crippen LogP contribution in [0.3, 0.4) is 0 Å². The fraction of sp³-hybridized carbons (Fsp3) is 0.333. The summed E-state index contributed by atoms with van der Waals surface area (Å²) in [5.41, 5.74) is 0. The van der Waals surface area contributed by atoms with E-state index in [1.807, 2.05) is 6.07 Å². The van der Waals surface area contributed by atoms with Crippen LogP contribution in [0.2, 0.25) is 4.82 Å². The van der Waals surface area contributed by atoms with Gasteiger partial charge in [-0.3, -0.25) is 0 Å². The number of aliphatic hydroxyl groups excluding tert-OH is 1. The minimum absolute atomic E-state index is 0.125. The predicted octanol–water partition coefficient (Wildman–Crippen LogP) is 1.52. The Morgan fingerprint density at radius 1 is 1.07 bits per heavy atom. The number of allylic oxidation sites excluding steroid dienone is 1. The van der Waals surface area contributed by atoms with E-state index < -0.39 is 0 Å². The molecule has 0 radical (unpaired) electrons. The first kappa shape index (κ1) is 9.97. The van der Waals surface area contributed by atoms with Crippen molar-refractivity contribution in [3.63, 3.8) is 0 Å². The van der Waals surface area contributed by atoms with Gasteiger partial charge in [-0.15, -0.1) is 0 Å². The number of hydrogen-bond donors (Lipinski definition) is 1. The Balaban J connectivity index is 2.00. The summed E-state index contributed by atoms with van der Waals surface area (Å²) in [7, 11) is 0. The zero-order valence-electron chi connectivity index (χ0n) is 7.97. The van der Waals surface area contributed by atoms with Gasteiger partial charge in [-0.2, -0.15) is 0 Å². The third-order valence-electron chi connectivity index (χ3n) is 2.37. The predicted molar refractivity (Wildman–Crippen MR) is 60.0 cm³/mol. The van der Waals surface area contributed by atoms with Gasteiger partial charge in [0.1, 0.15) is 0 Å². The van der Waals surface area contributed by atoms with Gasteiger partial charge in [-0.1, -0.05) is 0 Å². The molecule has 2 heteroatoms. The quantitative estimate of drug-likeness (QED) is 0.626. The average Bonchev–Trinajstić information content (AvgIpc) is 2.23. The van der Waals surface area contributed by atoms with Gasteiger partial charge < -0.3 is 0 Å². The molecule has 0 heterocycles. The number of rotatable bonds is 2. The van der Waals surface area contributed by atoms with Crippen LogP contribution >= 0.6 is 0 Å². The molecule has 74 valence electrons. The maximum atomic E-state index is 9.79. The topological polar surface area (TPSA) is 20.2 Å². The van der Waals surface area contributed by atoms with Crippen LogP contribution in [0.5, 0.6) is 0 Å². The van der Waals surface area contributed by atoms with Crippen molar-refractivity contribution in [1.82, 2.24) is 0 Å². The summed E-state index contributed by atoms with van der Waals surface area (Å²) in [5.74, 6) is 0. The van der Waals surface area contributed by atoms with Crippen LogP contribution in [0.15, 0.2) is 42.5 Å². The molecule has 0 spiro atoms. The molecule has 1 aliphatic rings. The van der Waals surface area contributed by atoms with Gasteiger partial charge in [0.25, 0.3) is 0 Å². The Morgan fingerprint density at radius 3 is 2.50 bits per heavy atom. The molecular weight excluding hydrogens is 239 g/mol. The van der Waals surface area contributed by atoms with E-state index in [0.717, 1.165) is 12.8 Å². The molecule has 0 aliphatic heterocycles. The van der Waals surface area contributed by atoms with Crippen LogP contribution in [0.4, 0.5) is 0 Å². The van der Waals surface area contributed by atoms with Gasteiger partial charge in [0, 0.05) is 0 Å². The van der Waals surface area contributed by atoms with E-state index in [0.29, 0.717) is 19.8 Å². The third-order valence-corrected chi connectivity index (χ3v) is 5.21. The van der Waals surface area contributed by atoms with Gasteiger partial charge in [-0.25, -0.2) is 0 Å². The van der Waals surface area contributed by atoms with Crippen molar-refractivity contribution >= 4 is 19.4 Å². The summed E-state index contributed by atoms with van der Waals surface area (Å²) in [6, 6.07) is 10.5. The summed E-state index contributed by atoms with van der Waals surface area (Å²) in [4.78, 5) is 0.468. The van der Waals surface area contributed by atoms with Gasteiger partial charge in [-0.05, 0) is 0 Å². The third kappa shape index (κ3) is 2.48. The van der Waals surface area contributed by atoms with Crippen molar-refractivity contribution in [3.8, 4) is 0 Å². The molecule has 1 nitrogen and oxygen atoms in total. The molecule has 0 saturated heterocycles. The first-order valence-electron chi connectivity index (χ1n) is 4.91. The molecule has 1 N–H and O–H groups in total. The maximum absolute atomic E-state index is 9.79. The van der Waals surface area contributed by atoms with E-state index in [4.69, 9.17) is 0 Å². The molecular formula is C12H14OSe. The Morgan fingerprint density at radius 2 is 1.79 bits per heavy atom. The van der Waals surface area contributed by atoms with E-state index in [9.17, 15) is 5.11 Å². The van der Waals surface area contributed by atoms with E-state index >= 15 is 0 Å². The Hall–Kier alpha value is -0.561. The Kier molecular flexibility index (Phi) is 3.41. The number of benzene rings is 1. The molecule has 0 fully saturated rings. The molecule has 14 heavy (non-hydrogen) atoms. The molecule has 0 saturated carbocycles. The molecule has 1 aromatic rings. The van der Waals surface area contributed by atoms with Gasteiger partial charge >= 0.3 is 90.8 Å². The van der Waals surface area contributed by atoms with Crippen molar-refractivity contribution in [2.45, 2.75) is 23.8 Å². The summed E-state index contributed by atoms with van der Waals surface area (Å²) in [6.45, 7) is 0. The second-order valence-corrected chi connectivity index (χ2v) is 6.23. The molecule has 1 aliphatic carbocycles. The normalized spacial score (nSPS) is 26.4. The zero-order chi connectivity index (χ0) is 9.80. The first-order chi connectivity index (χ1) is 6.86. The van der Waals surface area contributed by atoms with Crippen LogP contribution in [-0.2, 0) is 0 Å². The average molecular weight is 253 g/mol. The van der Waals surface area contributed by atoms with Crippen LogP contribution in [0.25, 0.3) is 0 Å². The second kappa shape index (κ2) is 4.79. The Bertz CT molecular complexity index is 307. The summed E-state index contributed by atoms with van der Waals surface area (Å²) in [5, 5.41) is 9.79. The molecule has 1 aromatic carbocycles. The molecule has 2 rings (SSSR count). The summed E-state index contributed by atoms with van der Waals surface area (Å²) >= 11 is 0.408. The molecule has 0 bridgehead atoms. The monoisotopic (exact) mass is 254 g/mol. The van der Waals surface area contributed by atoms with E-state index in [1.54, 1.807) is 0 Å². The fourth-order valence-corrected chi connectivity index (χ4v) is 3.97. The van der Waals surface area contributed by atoms with Crippen molar-refractivity contribution in [3.05, 3.63) is 42.5 Å². The molecule has 0 amide bonds. The fourth-order valence-electron chi connectivity index (χ4n) is 1.58. The summed E-state index contributed by atoms with van der Waals surface area (Å²) in [6.07, 6.45) is 6.03. The van der Waals surface area contributed by atoms with Crippen molar-refractivity contribution < 1.29 is 5.11 Å². The summed E-state index contributed by atoms with van der Waals surface area (Å²) < 4.78 is 1.39. The van der Waals surface area contributed by atoms with Crippen LogP contribution in [-0.4, -0.2) is 26.2 Å². The van der Waals surface area contributed by atoms with Gasteiger partial charge in [0.15, 0.2) is 0 Å². The van der Waals surface area contributed by atoms with Crippen molar-refractivity contribution in [1.29, 1.82) is 0 Å². The van der Waals surface area contributed by atoms with Crippen molar-refractivity contribution in [2.75, 3.05) is 0 Å². The standard InChI is InChI=1S/C12H14OSe/c13-11-8-4-5-9-12(11)14-10-6-2-1-3-7-10/h1-7,11-13H,8-9H2/t11-,12-/m0/s1. The van der Waals surface area contributed by atoms with Gasteiger partial charge in [0.05, 0.1) is 0 Å². The molecule has 2 atom stereocenters.